The van der Waals surface area contributed by atoms with Crippen LogP contribution in [0.4, 0.5) is 5.69 Å². The number of fused-ring (bicyclic) bond motifs is 1. The van der Waals surface area contributed by atoms with Crippen LogP contribution in [0.5, 0.6) is 11.5 Å². The largest absolute Gasteiger partial charge is 0.507 e. The number of pyridine rings is 1. The van der Waals surface area contributed by atoms with Gasteiger partial charge in [-0.2, -0.15) is 0 Å². The number of phenols is 1. The fourth-order valence-electron chi connectivity index (χ4n) is 4.41. The monoisotopic (exact) mass is 461 g/mol. The number of carbonyl (C=O) groups is 1. The van der Waals surface area contributed by atoms with E-state index in [1.807, 2.05) is 37.3 Å². The van der Waals surface area contributed by atoms with E-state index in [9.17, 15) is 9.90 Å². The number of nitrogens with zero attached hydrogens (tertiary/aromatic N) is 3. The van der Waals surface area contributed by atoms with Gasteiger partial charge in [0.25, 0.3) is 0 Å². The molecule has 0 spiro atoms. The summed E-state index contributed by atoms with van der Waals surface area (Å²) in [5, 5.41) is 11.5. The van der Waals surface area contributed by atoms with Crippen molar-refractivity contribution >= 4 is 29.1 Å². The third kappa shape index (κ3) is 4.32. The van der Waals surface area contributed by atoms with Crippen LogP contribution in [0, 0.1) is 6.92 Å². The Morgan fingerprint density at radius 3 is 2.70 bits per heavy atom. The summed E-state index contributed by atoms with van der Waals surface area (Å²) < 4.78 is 6.03. The highest BCUT2D eigenvalue weighted by atomic mass is 35.5. The van der Waals surface area contributed by atoms with Gasteiger partial charge in [-0.3, -0.25) is 14.7 Å². The van der Waals surface area contributed by atoms with Gasteiger partial charge in [0.05, 0.1) is 11.1 Å². The van der Waals surface area contributed by atoms with Crippen LogP contribution in [0.15, 0.2) is 60.6 Å². The van der Waals surface area contributed by atoms with Crippen LogP contribution in [0.1, 0.15) is 27.0 Å². The number of aromatic hydroxyl groups is 1. The molecule has 0 bridgehead atoms. The summed E-state index contributed by atoms with van der Waals surface area (Å²) in [5.74, 6) is 0.695. The van der Waals surface area contributed by atoms with E-state index in [4.69, 9.17) is 16.3 Å². The lowest BCUT2D eigenvalue weighted by molar-refractivity contribution is 0.101. The molecule has 168 valence electrons. The first-order valence-corrected chi connectivity index (χ1v) is 11.3. The van der Waals surface area contributed by atoms with Gasteiger partial charge in [0.2, 0.25) is 5.78 Å². The minimum atomic E-state index is -0.168. The molecule has 0 saturated carbocycles. The maximum Gasteiger partial charge on any atom is 0.232 e. The molecule has 1 fully saturated rings. The van der Waals surface area contributed by atoms with Crippen molar-refractivity contribution in [1.29, 1.82) is 0 Å². The normalized spacial score (nSPS) is 17.3. The Labute approximate surface area is 197 Å². The second-order valence-electron chi connectivity index (χ2n) is 8.36. The zero-order valence-corrected chi connectivity index (χ0v) is 19.0. The van der Waals surface area contributed by atoms with Gasteiger partial charge in [-0.25, -0.2) is 0 Å². The Morgan fingerprint density at radius 2 is 1.97 bits per heavy atom. The summed E-state index contributed by atoms with van der Waals surface area (Å²) in [5.41, 5.74) is 3.77. The SMILES string of the molecule is Cc1cc(O)c(CN2CCN(c3cccc(Cl)c3)CC2)c2c1C(=O)C(=Cc1cccnc1)O2. The van der Waals surface area contributed by atoms with Crippen LogP contribution in [0.2, 0.25) is 5.02 Å². The summed E-state index contributed by atoms with van der Waals surface area (Å²) in [6.07, 6.45) is 5.05. The highest BCUT2D eigenvalue weighted by Crippen LogP contribution is 2.42. The number of Topliss-reactive ketones (excluding diaryl/α,β-unsaturated/α-hetero) is 1. The number of ketones is 1. The van der Waals surface area contributed by atoms with Gasteiger partial charge in [-0.1, -0.05) is 23.7 Å². The van der Waals surface area contributed by atoms with Crippen molar-refractivity contribution in [3.63, 3.8) is 0 Å². The average molecular weight is 462 g/mol. The van der Waals surface area contributed by atoms with Crippen molar-refractivity contribution in [2.24, 2.45) is 0 Å². The van der Waals surface area contributed by atoms with Crippen LogP contribution in [-0.4, -0.2) is 47.0 Å². The second kappa shape index (κ2) is 8.89. The summed E-state index contributed by atoms with van der Waals surface area (Å²) in [6, 6.07) is 13.2. The summed E-state index contributed by atoms with van der Waals surface area (Å²) in [4.78, 5) is 21.7. The summed E-state index contributed by atoms with van der Waals surface area (Å²) >= 11 is 6.14. The molecule has 7 heteroatoms. The van der Waals surface area contributed by atoms with Crippen molar-refractivity contribution < 1.29 is 14.6 Å². The molecule has 3 aromatic rings. The molecule has 1 aromatic heterocycles. The predicted molar refractivity (Wildman–Crippen MR) is 129 cm³/mol. The molecule has 2 aliphatic heterocycles. The van der Waals surface area contributed by atoms with E-state index in [1.165, 1.54) is 0 Å². The van der Waals surface area contributed by atoms with Crippen molar-refractivity contribution in [2.75, 3.05) is 31.1 Å². The van der Waals surface area contributed by atoms with Crippen LogP contribution in [0.25, 0.3) is 6.08 Å². The third-order valence-electron chi connectivity index (χ3n) is 6.13. The van der Waals surface area contributed by atoms with Gasteiger partial charge in [-0.05, 0) is 54.5 Å². The number of aromatic nitrogens is 1. The molecule has 3 heterocycles. The van der Waals surface area contributed by atoms with Gasteiger partial charge in [-0.15, -0.1) is 0 Å². The smallest absolute Gasteiger partial charge is 0.232 e. The second-order valence-corrected chi connectivity index (χ2v) is 8.80. The number of hydrogen-bond acceptors (Lipinski definition) is 6. The zero-order valence-electron chi connectivity index (χ0n) is 18.3. The number of hydrogen-bond donors (Lipinski definition) is 1. The Kier molecular flexibility index (Phi) is 5.79. The van der Waals surface area contributed by atoms with Crippen molar-refractivity contribution in [3.8, 4) is 11.5 Å². The number of phenolic OH excluding ortho intramolecular Hbond substituents is 1. The van der Waals surface area contributed by atoms with Crippen molar-refractivity contribution in [2.45, 2.75) is 13.5 Å². The Hall–Kier alpha value is -3.35. The molecular weight excluding hydrogens is 438 g/mol. The number of halogens is 1. The molecule has 0 radical (unpaired) electrons. The van der Waals surface area contributed by atoms with Crippen LogP contribution in [0.3, 0.4) is 0 Å². The molecule has 5 rings (SSSR count). The van der Waals surface area contributed by atoms with Gasteiger partial charge < -0.3 is 14.7 Å². The molecule has 0 atom stereocenters. The fourth-order valence-corrected chi connectivity index (χ4v) is 4.59. The minimum Gasteiger partial charge on any atom is -0.507 e. The highest BCUT2D eigenvalue weighted by molar-refractivity contribution is 6.30. The summed E-state index contributed by atoms with van der Waals surface area (Å²) in [6.45, 7) is 5.66. The van der Waals surface area contributed by atoms with E-state index in [-0.39, 0.29) is 17.3 Å². The lowest BCUT2D eigenvalue weighted by Gasteiger charge is -2.36. The van der Waals surface area contributed by atoms with Crippen LogP contribution >= 0.6 is 11.6 Å². The molecule has 1 saturated heterocycles. The average Bonchev–Trinajstić information content (AvgIpc) is 3.14. The summed E-state index contributed by atoms with van der Waals surface area (Å²) in [7, 11) is 0. The number of benzene rings is 2. The molecular formula is C26H24ClN3O3. The zero-order chi connectivity index (χ0) is 22.9. The number of ether oxygens (including phenoxy) is 1. The maximum atomic E-state index is 13.1. The first-order chi connectivity index (χ1) is 16.0. The van der Waals surface area contributed by atoms with Crippen molar-refractivity contribution in [1.82, 2.24) is 9.88 Å². The molecule has 2 aromatic carbocycles. The quantitative estimate of drug-likeness (QED) is 0.569. The standard InChI is InChI=1S/C26H24ClN3O3/c1-17-12-22(31)21(16-29-8-10-30(11-9-29)20-6-2-5-19(27)14-20)26-24(17)25(32)23(33-26)13-18-4-3-7-28-15-18/h2-7,12-15,31H,8-11,16H2,1H3. The number of anilines is 1. The third-order valence-corrected chi connectivity index (χ3v) is 6.37. The highest BCUT2D eigenvalue weighted by Gasteiger charge is 2.34. The molecule has 0 amide bonds. The fraction of sp³-hybridized carbons (Fsp3) is 0.231. The van der Waals surface area contributed by atoms with E-state index in [0.29, 0.717) is 29.0 Å². The van der Waals surface area contributed by atoms with E-state index in [2.05, 4.69) is 20.9 Å². The molecule has 0 aliphatic carbocycles. The van der Waals surface area contributed by atoms with Gasteiger partial charge in [0, 0.05) is 55.8 Å². The lowest BCUT2D eigenvalue weighted by Crippen LogP contribution is -2.46. The molecule has 6 nitrogen and oxygen atoms in total. The van der Waals surface area contributed by atoms with Gasteiger partial charge in [0.1, 0.15) is 11.5 Å². The van der Waals surface area contributed by atoms with E-state index in [1.54, 1.807) is 24.5 Å². The number of aryl methyl sites for hydroxylation is 1. The van der Waals surface area contributed by atoms with Crippen LogP contribution < -0.4 is 9.64 Å². The van der Waals surface area contributed by atoms with Gasteiger partial charge in [0.15, 0.2) is 5.76 Å². The van der Waals surface area contributed by atoms with E-state index in [0.717, 1.165) is 42.5 Å². The minimum absolute atomic E-state index is 0.152. The van der Waals surface area contributed by atoms with E-state index >= 15 is 0 Å². The lowest BCUT2D eigenvalue weighted by atomic mass is 9.99. The number of allylic oxidation sites excluding steroid dienone is 1. The number of rotatable bonds is 4. The molecule has 33 heavy (non-hydrogen) atoms. The first kappa shape index (κ1) is 21.5. The Morgan fingerprint density at radius 1 is 1.15 bits per heavy atom. The topological polar surface area (TPSA) is 65.9 Å². The maximum absolute atomic E-state index is 13.1. The molecule has 1 N–H and O–H groups in total. The first-order valence-electron chi connectivity index (χ1n) is 10.9. The number of carbonyl (C=O) groups excluding carboxylic acids is 1. The van der Waals surface area contributed by atoms with Crippen molar-refractivity contribution in [3.05, 3.63) is 87.9 Å². The Bertz CT molecular complexity index is 1240. The van der Waals surface area contributed by atoms with E-state index < -0.39 is 0 Å². The number of piperazine rings is 1. The van der Waals surface area contributed by atoms with Crippen LogP contribution in [-0.2, 0) is 6.54 Å². The Balaban J connectivity index is 1.36. The molecule has 0 unspecified atom stereocenters. The van der Waals surface area contributed by atoms with Gasteiger partial charge >= 0.3 is 0 Å². The predicted octanol–water partition coefficient (Wildman–Crippen LogP) is 4.69. The molecule has 2 aliphatic rings.